The lowest BCUT2D eigenvalue weighted by molar-refractivity contribution is 0.0725. The predicted molar refractivity (Wildman–Crippen MR) is 139 cm³/mol. The molecule has 5 rings (SSSR count). The SMILES string of the molecule is Cc1ccc(C(=O)N(Cc2cnc(S(=O)(=O)Cc3ccccc3F)n2Cc2ccccc2)C2CC2)cc1. The lowest BCUT2D eigenvalue weighted by atomic mass is 10.1. The van der Waals surface area contributed by atoms with Crippen molar-refractivity contribution < 1.29 is 17.6 Å². The van der Waals surface area contributed by atoms with Crippen LogP contribution in [0.25, 0.3) is 0 Å². The van der Waals surface area contributed by atoms with E-state index in [9.17, 15) is 17.6 Å². The van der Waals surface area contributed by atoms with Gasteiger partial charge in [0.05, 0.1) is 30.7 Å². The van der Waals surface area contributed by atoms with Crippen molar-refractivity contribution >= 4 is 15.7 Å². The highest BCUT2D eigenvalue weighted by molar-refractivity contribution is 7.90. The normalized spacial score (nSPS) is 13.5. The Balaban J connectivity index is 1.51. The molecule has 0 N–H and O–H groups in total. The van der Waals surface area contributed by atoms with E-state index in [-0.39, 0.29) is 35.8 Å². The number of hydrogen-bond donors (Lipinski definition) is 0. The van der Waals surface area contributed by atoms with Gasteiger partial charge in [-0.2, -0.15) is 0 Å². The van der Waals surface area contributed by atoms with Gasteiger partial charge in [-0.3, -0.25) is 4.79 Å². The molecular weight excluding hydrogens is 489 g/mol. The van der Waals surface area contributed by atoms with Gasteiger partial charge in [-0.1, -0.05) is 66.2 Å². The molecule has 1 aromatic heterocycles. The van der Waals surface area contributed by atoms with Crippen LogP contribution in [-0.2, 0) is 28.7 Å². The van der Waals surface area contributed by atoms with E-state index in [1.54, 1.807) is 15.5 Å². The van der Waals surface area contributed by atoms with Crippen molar-refractivity contribution in [2.45, 2.75) is 49.8 Å². The quantitative estimate of drug-likeness (QED) is 0.308. The molecule has 0 unspecified atom stereocenters. The molecule has 1 aliphatic carbocycles. The molecule has 1 amide bonds. The molecule has 3 aromatic carbocycles. The van der Waals surface area contributed by atoms with Crippen LogP contribution < -0.4 is 0 Å². The Hall–Kier alpha value is -3.78. The van der Waals surface area contributed by atoms with E-state index in [4.69, 9.17) is 0 Å². The number of carbonyl (C=O) groups excluding carboxylic acids is 1. The maximum atomic E-state index is 14.3. The topological polar surface area (TPSA) is 72.3 Å². The summed E-state index contributed by atoms with van der Waals surface area (Å²) >= 11 is 0. The first-order valence-electron chi connectivity index (χ1n) is 12.2. The third-order valence-electron chi connectivity index (χ3n) is 6.55. The Labute approximate surface area is 216 Å². The van der Waals surface area contributed by atoms with Crippen LogP contribution in [0.1, 0.15) is 45.6 Å². The van der Waals surface area contributed by atoms with E-state index in [1.807, 2.05) is 61.5 Å². The zero-order valence-electron chi connectivity index (χ0n) is 20.5. The number of sulfone groups is 1. The predicted octanol–water partition coefficient (Wildman–Crippen LogP) is 5.16. The van der Waals surface area contributed by atoms with Crippen LogP contribution in [0, 0.1) is 12.7 Å². The molecule has 0 bridgehead atoms. The Bertz CT molecular complexity index is 1510. The van der Waals surface area contributed by atoms with Gasteiger partial charge in [0.2, 0.25) is 15.0 Å². The molecule has 6 nitrogen and oxygen atoms in total. The van der Waals surface area contributed by atoms with Gasteiger partial charge in [-0.05, 0) is 43.5 Å². The van der Waals surface area contributed by atoms with E-state index < -0.39 is 21.4 Å². The number of hydrogen-bond acceptors (Lipinski definition) is 4. The van der Waals surface area contributed by atoms with Gasteiger partial charge < -0.3 is 9.47 Å². The summed E-state index contributed by atoms with van der Waals surface area (Å²) in [7, 11) is -3.97. The molecule has 0 saturated heterocycles. The lowest BCUT2D eigenvalue weighted by Gasteiger charge is -2.24. The summed E-state index contributed by atoms with van der Waals surface area (Å²) < 4.78 is 42.9. The van der Waals surface area contributed by atoms with Gasteiger partial charge in [0, 0.05) is 17.2 Å². The van der Waals surface area contributed by atoms with Crippen LogP contribution in [0.4, 0.5) is 4.39 Å². The summed E-state index contributed by atoms with van der Waals surface area (Å²) in [5, 5.41) is -0.131. The van der Waals surface area contributed by atoms with Gasteiger partial charge in [0.15, 0.2) is 0 Å². The molecule has 1 fully saturated rings. The van der Waals surface area contributed by atoms with Gasteiger partial charge in [-0.15, -0.1) is 0 Å². The van der Waals surface area contributed by atoms with Crippen LogP contribution >= 0.6 is 0 Å². The number of imidazole rings is 1. The number of carbonyl (C=O) groups is 1. The van der Waals surface area contributed by atoms with Gasteiger partial charge in [0.25, 0.3) is 5.91 Å². The highest BCUT2D eigenvalue weighted by atomic mass is 32.2. The second kappa shape index (κ2) is 10.3. The van der Waals surface area contributed by atoms with Crippen LogP contribution in [0.5, 0.6) is 0 Å². The lowest BCUT2D eigenvalue weighted by Crippen LogP contribution is -2.33. The van der Waals surface area contributed by atoms with Crippen molar-refractivity contribution in [3.63, 3.8) is 0 Å². The van der Waals surface area contributed by atoms with Crippen molar-refractivity contribution in [1.29, 1.82) is 0 Å². The van der Waals surface area contributed by atoms with E-state index in [2.05, 4.69) is 4.98 Å². The van der Waals surface area contributed by atoms with E-state index >= 15 is 0 Å². The average Bonchev–Trinajstić information content (AvgIpc) is 3.65. The minimum atomic E-state index is -3.97. The molecule has 1 saturated carbocycles. The van der Waals surface area contributed by atoms with E-state index in [0.29, 0.717) is 11.3 Å². The van der Waals surface area contributed by atoms with Gasteiger partial charge in [-0.25, -0.2) is 17.8 Å². The number of nitrogens with zero attached hydrogens (tertiary/aromatic N) is 3. The molecule has 8 heteroatoms. The molecule has 0 aliphatic heterocycles. The van der Waals surface area contributed by atoms with Crippen LogP contribution in [0.3, 0.4) is 0 Å². The van der Waals surface area contributed by atoms with Crippen molar-refractivity contribution in [1.82, 2.24) is 14.5 Å². The summed E-state index contributed by atoms with van der Waals surface area (Å²) in [6, 6.07) is 22.9. The monoisotopic (exact) mass is 517 g/mol. The Morgan fingerprint density at radius 3 is 2.35 bits per heavy atom. The molecule has 37 heavy (non-hydrogen) atoms. The highest BCUT2D eigenvalue weighted by Crippen LogP contribution is 2.31. The molecular formula is C29H28FN3O3S. The molecule has 0 atom stereocenters. The Morgan fingerprint density at radius 2 is 1.68 bits per heavy atom. The van der Waals surface area contributed by atoms with Crippen LogP contribution in [0.2, 0.25) is 0 Å². The second-order valence-corrected chi connectivity index (χ2v) is 11.4. The zero-order valence-corrected chi connectivity index (χ0v) is 21.4. The summed E-state index contributed by atoms with van der Waals surface area (Å²) in [4.78, 5) is 19.5. The second-order valence-electron chi connectivity index (χ2n) is 9.48. The number of aryl methyl sites for hydroxylation is 1. The molecule has 1 aliphatic rings. The summed E-state index contributed by atoms with van der Waals surface area (Å²) in [6.45, 7) is 2.46. The number of aromatic nitrogens is 2. The average molecular weight is 518 g/mol. The number of amides is 1. The molecule has 0 spiro atoms. The summed E-state index contributed by atoms with van der Waals surface area (Å²) in [5.74, 6) is -1.17. The first-order valence-corrected chi connectivity index (χ1v) is 13.9. The Kier molecular flexibility index (Phi) is 6.93. The number of benzene rings is 3. The molecule has 190 valence electrons. The Morgan fingerprint density at radius 1 is 1.00 bits per heavy atom. The summed E-state index contributed by atoms with van der Waals surface area (Å²) in [6.07, 6.45) is 3.33. The van der Waals surface area contributed by atoms with Gasteiger partial charge in [0.1, 0.15) is 5.82 Å². The van der Waals surface area contributed by atoms with E-state index in [1.165, 1.54) is 24.4 Å². The fraction of sp³-hybridized carbons (Fsp3) is 0.241. The van der Waals surface area contributed by atoms with Gasteiger partial charge >= 0.3 is 0 Å². The maximum Gasteiger partial charge on any atom is 0.254 e. The molecule has 0 radical (unpaired) electrons. The first kappa shape index (κ1) is 24.9. The van der Waals surface area contributed by atoms with E-state index in [0.717, 1.165) is 24.0 Å². The zero-order chi connectivity index (χ0) is 26.0. The maximum absolute atomic E-state index is 14.3. The van der Waals surface area contributed by atoms with Crippen molar-refractivity contribution in [2.24, 2.45) is 0 Å². The number of rotatable bonds is 9. The van der Waals surface area contributed by atoms with Crippen molar-refractivity contribution in [2.75, 3.05) is 0 Å². The molecule has 4 aromatic rings. The van der Waals surface area contributed by atoms with Crippen molar-refractivity contribution in [3.8, 4) is 0 Å². The first-order chi connectivity index (χ1) is 17.8. The highest BCUT2D eigenvalue weighted by Gasteiger charge is 2.35. The minimum Gasteiger partial charge on any atom is -0.330 e. The third-order valence-corrected chi connectivity index (χ3v) is 8.12. The standard InChI is InChI=1S/C29H28FN3O3S/c1-21-11-13-23(14-12-21)28(34)32(25-15-16-25)19-26-17-31-29(33(26)18-22-7-3-2-4-8-22)37(35,36)20-24-9-5-6-10-27(24)30/h2-14,17,25H,15-16,18-20H2,1H3. The minimum absolute atomic E-state index is 0.0902. The smallest absolute Gasteiger partial charge is 0.254 e. The van der Waals surface area contributed by atoms with Crippen LogP contribution in [-0.4, -0.2) is 34.8 Å². The van der Waals surface area contributed by atoms with Crippen molar-refractivity contribution in [3.05, 3.63) is 119 Å². The number of halogens is 1. The fourth-order valence-electron chi connectivity index (χ4n) is 4.38. The fourth-order valence-corrected chi connectivity index (χ4v) is 5.88. The summed E-state index contributed by atoms with van der Waals surface area (Å²) in [5.41, 5.74) is 3.27. The third kappa shape index (κ3) is 5.64. The largest absolute Gasteiger partial charge is 0.330 e. The molecule has 1 heterocycles. The van der Waals surface area contributed by atoms with Crippen LogP contribution in [0.15, 0.2) is 90.2 Å².